The minimum absolute atomic E-state index is 0.0878. The van der Waals surface area contributed by atoms with Gasteiger partial charge in [-0.05, 0) is 12.8 Å². The summed E-state index contributed by atoms with van der Waals surface area (Å²) in [5.41, 5.74) is 0. The summed E-state index contributed by atoms with van der Waals surface area (Å²) >= 11 is 0. The van der Waals surface area contributed by atoms with E-state index in [0.29, 0.717) is 0 Å². The molecule has 0 fully saturated rings. The van der Waals surface area contributed by atoms with Gasteiger partial charge in [-0.3, -0.25) is 4.68 Å². The van der Waals surface area contributed by atoms with Gasteiger partial charge in [-0.2, -0.15) is 5.10 Å². The van der Waals surface area contributed by atoms with Gasteiger partial charge in [0, 0.05) is 19.3 Å². The molecular weight excluding hydrogens is 214 g/mol. The lowest BCUT2D eigenvalue weighted by molar-refractivity contribution is 0.476. The van der Waals surface area contributed by atoms with Gasteiger partial charge in [0.15, 0.2) is 0 Å². The second-order valence-electron chi connectivity index (χ2n) is 4.00. The average molecular weight is 231 g/mol. The van der Waals surface area contributed by atoms with Crippen molar-refractivity contribution in [3.63, 3.8) is 0 Å². The van der Waals surface area contributed by atoms with Crippen LogP contribution in [0, 0.1) is 5.92 Å². The molecule has 1 heterocycles. The Bertz CT molecular complexity index is 422. The van der Waals surface area contributed by atoms with Gasteiger partial charge in [-0.15, -0.1) is 0 Å². The lowest BCUT2D eigenvalue weighted by Crippen LogP contribution is -2.35. The Morgan fingerprint density at radius 3 is 2.40 bits per heavy atom. The fourth-order valence-electron chi connectivity index (χ4n) is 0.986. The molecule has 15 heavy (non-hydrogen) atoms. The third-order valence-corrected chi connectivity index (χ3v) is 3.85. The van der Waals surface area contributed by atoms with Crippen LogP contribution in [0.3, 0.4) is 0 Å². The maximum absolute atomic E-state index is 11.8. The lowest BCUT2D eigenvalue weighted by atomic mass is 10.1. The van der Waals surface area contributed by atoms with E-state index < -0.39 is 10.0 Å². The molecule has 5 nitrogen and oxygen atoms in total. The van der Waals surface area contributed by atoms with Crippen LogP contribution in [0.1, 0.15) is 20.8 Å². The molecule has 1 N–H and O–H groups in total. The van der Waals surface area contributed by atoms with Crippen molar-refractivity contribution >= 4 is 10.0 Å². The highest BCUT2D eigenvalue weighted by molar-refractivity contribution is 7.89. The van der Waals surface area contributed by atoms with Crippen LogP contribution in [-0.4, -0.2) is 24.2 Å². The van der Waals surface area contributed by atoms with E-state index in [2.05, 4.69) is 9.82 Å². The summed E-state index contributed by atoms with van der Waals surface area (Å²) in [4.78, 5) is 0.206. The van der Waals surface area contributed by atoms with Crippen molar-refractivity contribution in [1.29, 1.82) is 0 Å². The number of sulfonamides is 1. The fourth-order valence-corrected chi connectivity index (χ4v) is 2.36. The van der Waals surface area contributed by atoms with Gasteiger partial charge < -0.3 is 0 Å². The van der Waals surface area contributed by atoms with E-state index >= 15 is 0 Å². The monoisotopic (exact) mass is 231 g/mol. The van der Waals surface area contributed by atoms with Crippen LogP contribution in [-0.2, 0) is 17.1 Å². The zero-order valence-corrected chi connectivity index (χ0v) is 10.2. The Labute approximate surface area is 90.5 Å². The van der Waals surface area contributed by atoms with Gasteiger partial charge >= 0.3 is 0 Å². The molecule has 0 aliphatic rings. The Hall–Kier alpha value is -0.880. The van der Waals surface area contributed by atoms with Crippen molar-refractivity contribution in [3.05, 3.63) is 12.4 Å². The average Bonchev–Trinajstić information content (AvgIpc) is 2.51. The zero-order valence-electron chi connectivity index (χ0n) is 9.43. The molecule has 0 saturated heterocycles. The highest BCUT2D eigenvalue weighted by atomic mass is 32.2. The molecule has 0 bridgehead atoms. The van der Waals surface area contributed by atoms with Crippen LogP contribution >= 0.6 is 0 Å². The third-order valence-electron chi connectivity index (χ3n) is 2.33. The minimum atomic E-state index is -3.42. The molecule has 1 aromatic heterocycles. The number of aryl methyl sites for hydroxylation is 1. The number of aromatic nitrogens is 2. The standard InChI is InChI=1S/C9H17N3O2S/c1-7(2)8(3)11-15(13,14)9-5-10-12(4)6-9/h5-8,11H,1-4H3/t8-/m0/s1. The molecule has 0 saturated carbocycles. The normalized spacial score (nSPS) is 14.5. The second kappa shape index (κ2) is 4.32. The first-order valence-electron chi connectivity index (χ1n) is 4.84. The van der Waals surface area contributed by atoms with E-state index in [9.17, 15) is 8.42 Å². The smallest absolute Gasteiger partial charge is 0.243 e. The lowest BCUT2D eigenvalue weighted by Gasteiger charge is -2.16. The highest BCUT2D eigenvalue weighted by Crippen LogP contribution is 2.09. The second-order valence-corrected chi connectivity index (χ2v) is 5.72. The van der Waals surface area contributed by atoms with Crippen LogP contribution in [0.4, 0.5) is 0 Å². The maximum atomic E-state index is 11.8. The Morgan fingerprint density at radius 2 is 2.00 bits per heavy atom. The van der Waals surface area contributed by atoms with Crippen molar-refractivity contribution in [2.24, 2.45) is 13.0 Å². The van der Waals surface area contributed by atoms with Crippen LogP contribution in [0.25, 0.3) is 0 Å². The highest BCUT2D eigenvalue weighted by Gasteiger charge is 2.20. The number of nitrogens with zero attached hydrogens (tertiary/aromatic N) is 2. The minimum Gasteiger partial charge on any atom is -0.274 e. The number of hydrogen-bond donors (Lipinski definition) is 1. The summed E-state index contributed by atoms with van der Waals surface area (Å²) in [6, 6.07) is -0.0878. The third kappa shape index (κ3) is 3.04. The summed E-state index contributed by atoms with van der Waals surface area (Å²) in [6.45, 7) is 5.78. The predicted octanol–water partition coefficient (Wildman–Crippen LogP) is 0.743. The van der Waals surface area contributed by atoms with Gasteiger partial charge in [0.25, 0.3) is 0 Å². The zero-order chi connectivity index (χ0) is 11.6. The molecule has 1 atom stereocenters. The molecule has 1 rings (SSSR count). The van der Waals surface area contributed by atoms with E-state index in [-0.39, 0.29) is 16.9 Å². The number of hydrogen-bond acceptors (Lipinski definition) is 3. The van der Waals surface area contributed by atoms with Crippen molar-refractivity contribution in [1.82, 2.24) is 14.5 Å². The predicted molar refractivity (Wildman–Crippen MR) is 57.8 cm³/mol. The molecule has 1 aromatic rings. The van der Waals surface area contributed by atoms with E-state index in [0.717, 1.165) is 0 Å². The van der Waals surface area contributed by atoms with Gasteiger partial charge in [-0.1, -0.05) is 13.8 Å². The first-order valence-corrected chi connectivity index (χ1v) is 6.32. The topological polar surface area (TPSA) is 64.0 Å². The molecule has 6 heteroatoms. The quantitative estimate of drug-likeness (QED) is 0.831. The van der Waals surface area contributed by atoms with E-state index in [1.54, 1.807) is 7.05 Å². The summed E-state index contributed by atoms with van der Waals surface area (Å²) < 4.78 is 27.7. The Morgan fingerprint density at radius 1 is 1.40 bits per heavy atom. The first kappa shape index (κ1) is 12.2. The molecule has 0 aliphatic heterocycles. The van der Waals surface area contributed by atoms with Crippen molar-refractivity contribution in [2.75, 3.05) is 0 Å². The first-order chi connectivity index (χ1) is 6.83. The van der Waals surface area contributed by atoms with Crippen molar-refractivity contribution in [3.8, 4) is 0 Å². The Kier molecular flexibility index (Phi) is 3.51. The molecule has 0 aromatic carbocycles. The number of rotatable bonds is 4. The maximum Gasteiger partial charge on any atom is 0.243 e. The SMILES string of the molecule is CC(C)[C@H](C)NS(=O)(=O)c1cnn(C)c1. The Balaban J connectivity index is 2.85. The van der Waals surface area contributed by atoms with Crippen molar-refractivity contribution < 1.29 is 8.42 Å². The van der Waals surface area contributed by atoms with E-state index in [1.165, 1.54) is 17.1 Å². The molecule has 0 radical (unpaired) electrons. The van der Waals surface area contributed by atoms with Crippen LogP contribution in [0.5, 0.6) is 0 Å². The van der Waals surface area contributed by atoms with Gasteiger partial charge in [0.2, 0.25) is 10.0 Å². The number of nitrogens with one attached hydrogen (secondary N) is 1. The molecular formula is C9H17N3O2S. The summed E-state index contributed by atoms with van der Waals surface area (Å²) in [5.74, 6) is 0.261. The van der Waals surface area contributed by atoms with E-state index in [4.69, 9.17) is 0 Å². The van der Waals surface area contributed by atoms with Gasteiger partial charge in [0.1, 0.15) is 4.90 Å². The summed E-state index contributed by atoms with van der Waals surface area (Å²) in [7, 11) is -1.73. The van der Waals surface area contributed by atoms with Crippen LogP contribution in [0.15, 0.2) is 17.3 Å². The summed E-state index contributed by atoms with van der Waals surface area (Å²) in [6.07, 6.45) is 2.82. The molecule has 0 spiro atoms. The van der Waals surface area contributed by atoms with Crippen LogP contribution in [0.2, 0.25) is 0 Å². The van der Waals surface area contributed by atoms with Gasteiger partial charge in [-0.25, -0.2) is 13.1 Å². The van der Waals surface area contributed by atoms with Crippen LogP contribution < -0.4 is 4.72 Å². The van der Waals surface area contributed by atoms with E-state index in [1.807, 2.05) is 20.8 Å². The van der Waals surface area contributed by atoms with Gasteiger partial charge in [0.05, 0.1) is 6.20 Å². The van der Waals surface area contributed by atoms with Crippen molar-refractivity contribution in [2.45, 2.75) is 31.7 Å². The molecule has 0 amide bonds. The largest absolute Gasteiger partial charge is 0.274 e. The molecule has 0 aliphatic carbocycles. The fraction of sp³-hybridized carbons (Fsp3) is 0.667. The summed E-state index contributed by atoms with van der Waals surface area (Å²) in [5, 5.41) is 3.83. The molecule has 86 valence electrons. The molecule has 0 unspecified atom stereocenters.